The second kappa shape index (κ2) is 7.24. The van der Waals surface area contributed by atoms with Gasteiger partial charge in [0.15, 0.2) is 0 Å². The number of thiophene rings is 1. The maximum Gasteiger partial charge on any atom is 0.0898 e. The third-order valence-electron chi connectivity index (χ3n) is 3.46. The maximum atomic E-state index is 9.87. The average molecular weight is 269 g/mol. The van der Waals surface area contributed by atoms with Crippen LogP contribution in [0, 0.1) is 0 Å². The molecule has 1 heterocycles. The van der Waals surface area contributed by atoms with Crippen molar-refractivity contribution < 1.29 is 9.84 Å². The third-order valence-corrected chi connectivity index (χ3v) is 4.51. The fraction of sp³-hybridized carbons (Fsp3) is 0.714. The number of rotatable bonds is 7. The fourth-order valence-electron chi connectivity index (χ4n) is 2.31. The molecule has 1 unspecified atom stereocenters. The predicted molar refractivity (Wildman–Crippen MR) is 75.0 cm³/mol. The predicted octanol–water partition coefficient (Wildman–Crippen LogP) is 2.72. The average Bonchev–Trinajstić information content (AvgIpc) is 3.05. The summed E-state index contributed by atoms with van der Waals surface area (Å²) in [6, 6.07) is 4.47. The topological polar surface area (TPSA) is 41.5 Å². The first-order valence-corrected chi connectivity index (χ1v) is 7.70. The summed E-state index contributed by atoms with van der Waals surface area (Å²) < 4.78 is 5.70. The fourth-order valence-corrected chi connectivity index (χ4v) is 3.07. The summed E-state index contributed by atoms with van der Waals surface area (Å²) in [5.74, 6) is 0. The molecule has 2 atom stereocenters. The molecule has 1 aromatic heterocycles. The molecular weight excluding hydrogens is 246 g/mol. The van der Waals surface area contributed by atoms with Crippen LogP contribution in [0.4, 0.5) is 0 Å². The van der Waals surface area contributed by atoms with Crippen molar-refractivity contribution in [1.29, 1.82) is 0 Å². The molecule has 0 bridgehead atoms. The van der Waals surface area contributed by atoms with Crippen molar-refractivity contribution in [3.8, 4) is 0 Å². The van der Waals surface area contributed by atoms with Crippen molar-refractivity contribution in [2.24, 2.45) is 0 Å². The van der Waals surface area contributed by atoms with Crippen LogP contribution in [-0.2, 0) is 4.74 Å². The van der Waals surface area contributed by atoms with Crippen molar-refractivity contribution in [2.45, 2.75) is 50.9 Å². The van der Waals surface area contributed by atoms with Gasteiger partial charge < -0.3 is 15.2 Å². The van der Waals surface area contributed by atoms with Gasteiger partial charge in [-0.1, -0.05) is 18.9 Å². The van der Waals surface area contributed by atoms with E-state index in [4.69, 9.17) is 4.74 Å². The molecule has 0 aromatic carbocycles. The summed E-state index contributed by atoms with van der Waals surface area (Å²) in [5, 5.41) is 15.3. The van der Waals surface area contributed by atoms with Gasteiger partial charge in [0.1, 0.15) is 0 Å². The smallest absolute Gasteiger partial charge is 0.0898 e. The summed E-state index contributed by atoms with van der Waals surface area (Å²) in [5.41, 5.74) is 0. The van der Waals surface area contributed by atoms with Gasteiger partial charge in [-0.15, -0.1) is 11.3 Å². The molecule has 0 spiro atoms. The van der Waals surface area contributed by atoms with Gasteiger partial charge in [0, 0.05) is 17.5 Å². The van der Waals surface area contributed by atoms with E-state index in [9.17, 15) is 5.11 Å². The minimum absolute atomic E-state index is 0.297. The Bertz CT molecular complexity index is 323. The van der Waals surface area contributed by atoms with E-state index in [-0.39, 0.29) is 0 Å². The normalized spacial score (nSPS) is 20.1. The molecule has 1 aliphatic carbocycles. The highest BCUT2D eigenvalue weighted by Crippen LogP contribution is 2.21. The highest BCUT2D eigenvalue weighted by atomic mass is 32.1. The Morgan fingerprint density at radius 2 is 2.28 bits per heavy atom. The quantitative estimate of drug-likeness (QED) is 0.799. The van der Waals surface area contributed by atoms with Gasteiger partial charge in [0.05, 0.1) is 18.8 Å². The van der Waals surface area contributed by atoms with E-state index >= 15 is 0 Å². The monoisotopic (exact) mass is 269 g/mol. The van der Waals surface area contributed by atoms with Gasteiger partial charge in [-0.3, -0.25) is 0 Å². The van der Waals surface area contributed by atoms with E-state index in [0.717, 1.165) is 12.8 Å². The molecule has 0 aliphatic heterocycles. The lowest BCUT2D eigenvalue weighted by Crippen LogP contribution is -2.32. The molecule has 2 N–H and O–H groups in total. The lowest BCUT2D eigenvalue weighted by molar-refractivity contribution is -0.00607. The lowest BCUT2D eigenvalue weighted by atomic mass is 10.2. The van der Waals surface area contributed by atoms with Crippen molar-refractivity contribution >= 4 is 11.3 Å². The van der Waals surface area contributed by atoms with Crippen molar-refractivity contribution in [2.75, 3.05) is 13.2 Å². The molecule has 2 rings (SSSR count). The van der Waals surface area contributed by atoms with Crippen molar-refractivity contribution in [1.82, 2.24) is 5.32 Å². The second-order valence-electron chi connectivity index (χ2n) is 5.04. The standard InChI is InChI=1S/C14H23NO2S/c1-11(14-7-4-8-18-14)15-9-12(16)10-17-13-5-2-3-6-13/h4,7-8,11-13,15-16H,2-3,5-6,9-10H2,1H3/t11-,12?/m0/s1. The number of aliphatic hydroxyl groups excluding tert-OH is 1. The second-order valence-corrected chi connectivity index (χ2v) is 6.02. The minimum Gasteiger partial charge on any atom is -0.389 e. The van der Waals surface area contributed by atoms with Crippen LogP contribution in [0.25, 0.3) is 0 Å². The Morgan fingerprint density at radius 1 is 1.50 bits per heavy atom. The molecular formula is C14H23NO2S. The SMILES string of the molecule is C[C@H](NCC(O)COC1CCCC1)c1cccs1. The Balaban J connectivity index is 1.60. The first-order valence-electron chi connectivity index (χ1n) is 6.82. The molecule has 102 valence electrons. The number of hydrogen-bond donors (Lipinski definition) is 2. The molecule has 0 saturated heterocycles. The summed E-state index contributed by atoms with van der Waals surface area (Å²) in [6.45, 7) is 3.16. The van der Waals surface area contributed by atoms with E-state index < -0.39 is 6.10 Å². The van der Waals surface area contributed by atoms with Gasteiger partial charge in [-0.25, -0.2) is 0 Å². The van der Waals surface area contributed by atoms with Gasteiger partial charge >= 0.3 is 0 Å². The minimum atomic E-state index is -0.409. The van der Waals surface area contributed by atoms with Crippen LogP contribution in [-0.4, -0.2) is 30.5 Å². The van der Waals surface area contributed by atoms with Gasteiger partial charge in [0.2, 0.25) is 0 Å². The molecule has 1 saturated carbocycles. The molecule has 18 heavy (non-hydrogen) atoms. The van der Waals surface area contributed by atoms with Gasteiger partial charge in [-0.05, 0) is 31.2 Å². The van der Waals surface area contributed by atoms with Crippen molar-refractivity contribution in [3.63, 3.8) is 0 Å². The molecule has 1 fully saturated rings. The number of ether oxygens (including phenoxy) is 1. The van der Waals surface area contributed by atoms with Gasteiger partial charge in [0.25, 0.3) is 0 Å². The number of nitrogens with one attached hydrogen (secondary N) is 1. The Hall–Kier alpha value is -0.420. The van der Waals surface area contributed by atoms with E-state index in [0.29, 0.717) is 25.3 Å². The Labute approximate surface area is 113 Å². The highest BCUT2D eigenvalue weighted by molar-refractivity contribution is 7.10. The first-order chi connectivity index (χ1) is 8.75. The van der Waals surface area contributed by atoms with Crippen LogP contribution in [0.2, 0.25) is 0 Å². The molecule has 1 aromatic rings. The molecule has 4 heteroatoms. The summed E-state index contributed by atoms with van der Waals surface area (Å²) in [4.78, 5) is 1.30. The number of aliphatic hydroxyl groups is 1. The lowest BCUT2D eigenvalue weighted by Gasteiger charge is -2.18. The van der Waals surface area contributed by atoms with E-state index in [1.807, 2.05) is 0 Å². The molecule has 3 nitrogen and oxygen atoms in total. The third kappa shape index (κ3) is 4.35. The van der Waals surface area contributed by atoms with Crippen LogP contribution in [0.1, 0.15) is 43.5 Å². The first kappa shape index (κ1) is 14.0. The summed E-state index contributed by atoms with van der Waals surface area (Å²) in [6.07, 6.45) is 4.84. The van der Waals surface area contributed by atoms with Gasteiger partial charge in [-0.2, -0.15) is 0 Å². The summed E-state index contributed by atoms with van der Waals surface area (Å²) in [7, 11) is 0. The van der Waals surface area contributed by atoms with E-state index in [1.54, 1.807) is 11.3 Å². The maximum absolute atomic E-state index is 9.87. The zero-order valence-corrected chi connectivity index (χ0v) is 11.8. The van der Waals surface area contributed by atoms with Crippen molar-refractivity contribution in [3.05, 3.63) is 22.4 Å². The van der Waals surface area contributed by atoms with E-state index in [1.165, 1.54) is 17.7 Å². The van der Waals surface area contributed by atoms with Crippen LogP contribution in [0.5, 0.6) is 0 Å². The van der Waals surface area contributed by atoms with Crippen LogP contribution < -0.4 is 5.32 Å². The van der Waals surface area contributed by atoms with Crippen LogP contribution in [0.3, 0.4) is 0 Å². The van der Waals surface area contributed by atoms with Crippen LogP contribution in [0.15, 0.2) is 17.5 Å². The molecule has 1 aliphatic rings. The summed E-state index contributed by atoms with van der Waals surface area (Å²) >= 11 is 1.74. The Kier molecular flexibility index (Phi) is 5.63. The molecule has 0 amide bonds. The van der Waals surface area contributed by atoms with E-state index in [2.05, 4.69) is 29.8 Å². The number of hydrogen-bond acceptors (Lipinski definition) is 4. The zero-order valence-electron chi connectivity index (χ0n) is 11.0. The Morgan fingerprint density at radius 3 is 2.94 bits per heavy atom. The largest absolute Gasteiger partial charge is 0.389 e. The zero-order chi connectivity index (χ0) is 12.8. The highest BCUT2D eigenvalue weighted by Gasteiger charge is 2.17. The molecule has 0 radical (unpaired) electrons. The van der Waals surface area contributed by atoms with Crippen LogP contribution >= 0.6 is 11.3 Å².